The lowest BCUT2D eigenvalue weighted by Crippen LogP contribution is -2.37. The number of carbonyl (C=O) groups is 1. The van der Waals surface area contributed by atoms with E-state index in [-0.39, 0.29) is 83.2 Å². The van der Waals surface area contributed by atoms with Gasteiger partial charge in [-0.15, -0.1) is 5.10 Å². The van der Waals surface area contributed by atoms with Gasteiger partial charge in [0.25, 0.3) is 0 Å². The molecule has 4 saturated heterocycles. The van der Waals surface area contributed by atoms with Gasteiger partial charge >= 0.3 is 5.97 Å². The maximum atomic E-state index is 12.7. The Labute approximate surface area is 430 Å². The standard InChI is InChI=1S/C53H79N3O17/c1-50(2)66-34-45(70-50)28-58-24-42(25-59-29-46-35-67-51(3,4)71-46)64-32-44(33-65-43(26-60-30-47-36-68-52(5,6)72-47)27-61-31-48-37-69-53(7,8)73-48)63-23-41-22-56(55-54-41)20-12-13-21-62-49(57)40-18-16-39(17-19-40)38-14-10-9-11-15-38/h9-11,14-19,22,42-48H,12-13,20-21,23-37H2,1-8H3. The largest absolute Gasteiger partial charge is 0.462 e. The van der Waals surface area contributed by atoms with E-state index in [1.54, 1.807) is 16.8 Å². The summed E-state index contributed by atoms with van der Waals surface area (Å²) in [4.78, 5) is 12.7. The lowest BCUT2D eigenvalue weighted by atomic mass is 10.0. The van der Waals surface area contributed by atoms with Crippen molar-refractivity contribution in [2.75, 3.05) is 99.1 Å². The fraction of sp³-hybridized carbons (Fsp3) is 0.717. The molecule has 4 atom stereocenters. The van der Waals surface area contributed by atoms with Crippen molar-refractivity contribution in [1.29, 1.82) is 0 Å². The Bertz CT molecular complexity index is 1930. The Morgan fingerprint density at radius 2 is 0.986 bits per heavy atom. The zero-order chi connectivity index (χ0) is 51.7. The molecule has 73 heavy (non-hydrogen) atoms. The van der Waals surface area contributed by atoms with Gasteiger partial charge in [0, 0.05) is 6.54 Å². The van der Waals surface area contributed by atoms with Crippen LogP contribution < -0.4 is 0 Å². The first-order chi connectivity index (χ1) is 35.0. The van der Waals surface area contributed by atoms with Gasteiger partial charge in [-0.2, -0.15) is 0 Å². The zero-order valence-electron chi connectivity index (χ0n) is 44.0. The fourth-order valence-electron chi connectivity index (χ4n) is 8.39. The van der Waals surface area contributed by atoms with Crippen LogP contribution >= 0.6 is 0 Å². The molecule has 7 rings (SSSR count). The third kappa shape index (κ3) is 20.2. The highest BCUT2D eigenvalue weighted by atomic mass is 16.8. The molecule has 0 radical (unpaired) electrons. The maximum absolute atomic E-state index is 12.7. The smallest absolute Gasteiger partial charge is 0.338 e. The lowest BCUT2D eigenvalue weighted by Gasteiger charge is -2.26. The van der Waals surface area contributed by atoms with E-state index in [2.05, 4.69) is 10.3 Å². The molecule has 3 aromatic rings. The SMILES string of the molecule is CC1(C)OCC(COCC(COCC2COC(C)(C)O2)OCC(COC(COCC2COC(C)(C)O2)COCC2COC(C)(C)O2)OCc2cn(CCCCOC(=O)c3ccc(-c4ccccc4)cc3)nn2)O1. The predicted octanol–water partition coefficient (Wildman–Crippen LogP) is 5.91. The Hall–Kier alpha value is -3.55. The third-order valence-electron chi connectivity index (χ3n) is 12.0. The van der Waals surface area contributed by atoms with Crippen LogP contribution in [-0.2, 0) is 88.9 Å². The van der Waals surface area contributed by atoms with Crippen molar-refractivity contribution in [2.45, 2.75) is 147 Å². The summed E-state index contributed by atoms with van der Waals surface area (Å²) in [7, 11) is 0. The van der Waals surface area contributed by atoms with E-state index in [0.29, 0.717) is 77.1 Å². The minimum absolute atomic E-state index is 0.118. The molecule has 5 heterocycles. The number of ether oxygens (including phenoxy) is 16. The molecule has 0 bridgehead atoms. The summed E-state index contributed by atoms with van der Waals surface area (Å²) in [5.41, 5.74) is 3.25. The van der Waals surface area contributed by atoms with E-state index in [1.165, 1.54) is 0 Å². The van der Waals surface area contributed by atoms with Crippen LogP contribution in [0.15, 0.2) is 60.8 Å². The average molecular weight is 1030 g/mol. The summed E-state index contributed by atoms with van der Waals surface area (Å²) in [6.45, 7) is 20.1. The maximum Gasteiger partial charge on any atom is 0.338 e. The Balaban J connectivity index is 0.932. The van der Waals surface area contributed by atoms with Crippen molar-refractivity contribution in [3.05, 3.63) is 72.1 Å². The third-order valence-corrected chi connectivity index (χ3v) is 12.0. The minimum atomic E-state index is -0.673. The molecule has 4 fully saturated rings. The summed E-state index contributed by atoms with van der Waals surface area (Å²) in [5.74, 6) is -3.05. The van der Waals surface area contributed by atoms with Crippen molar-refractivity contribution in [1.82, 2.24) is 15.0 Å². The van der Waals surface area contributed by atoms with E-state index in [9.17, 15) is 4.79 Å². The van der Waals surface area contributed by atoms with Crippen molar-refractivity contribution in [3.8, 4) is 11.1 Å². The van der Waals surface area contributed by atoms with Crippen LogP contribution in [0, 0.1) is 0 Å². The number of rotatable bonds is 32. The van der Waals surface area contributed by atoms with Gasteiger partial charge in [-0.3, -0.25) is 4.68 Å². The van der Waals surface area contributed by atoms with Gasteiger partial charge in [0.2, 0.25) is 0 Å². The summed E-state index contributed by atoms with van der Waals surface area (Å²) >= 11 is 0. The normalized spacial score (nSPS) is 24.2. The monoisotopic (exact) mass is 1030 g/mol. The van der Waals surface area contributed by atoms with Crippen LogP contribution in [0.2, 0.25) is 0 Å². The van der Waals surface area contributed by atoms with Crippen molar-refractivity contribution < 1.29 is 80.6 Å². The second-order valence-electron chi connectivity index (χ2n) is 20.6. The number of unbranched alkanes of at least 4 members (excludes halogenated alkanes) is 1. The quantitative estimate of drug-likeness (QED) is 0.0528. The van der Waals surface area contributed by atoms with Crippen LogP contribution in [0.5, 0.6) is 0 Å². The molecule has 0 amide bonds. The number of aryl methyl sites for hydroxylation is 1. The highest BCUT2D eigenvalue weighted by Gasteiger charge is 2.36. The summed E-state index contributed by atoms with van der Waals surface area (Å²) in [6.07, 6.45) is 0.781. The Morgan fingerprint density at radius 1 is 0.562 bits per heavy atom. The molecular formula is C53H79N3O17. The number of benzene rings is 2. The molecule has 2 aromatic carbocycles. The topological polar surface area (TPSA) is 195 Å². The molecule has 0 aliphatic carbocycles. The Kier molecular flexibility index (Phi) is 21.5. The van der Waals surface area contributed by atoms with Gasteiger partial charge in [-0.25, -0.2) is 4.79 Å². The first-order valence-corrected chi connectivity index (χ1v) is 25.6. The second kappa shape index (κ2) is 27.5. The molecule has 408 valence electrons. The number of esters is 1. The molecule has 0 N–H and O–H groups in total. The zero-order valence-corrected chi connectivity index (χ0v) is 44.0. The van der Waals surface area contributed by atoms with Gasteiger partial charge in [0.05, 0.1) is 117 Å². The molecular weight excluding hydrogens is 951 g/mol. The number of hydrogen-bond donors (Lipinski definition) is 0. The fourth-order valence-corrected chi connectivity index (χ4v) is 8.39. The summed E-state index contributed by atoms with van der Waals surface area (Å²) in [6, 6.07) is 17.4. The molecule has 0 saturated carbocycles. The van der Waals surface area contributed by atoms with E-state index in [0.717, 1.165) is 17.5 Å². The first kappa shape index (κ1) is 57.2. The number of nitrogens with zero attached hydrogens (tertiary/aromatic N) is 3. The molecule has 20 nitrogen and oxygen atoms in total. The minimum Gasteiger partial charge on any atom is -0.462 e. The predicted molar refractivity (Wildman–Crippen MR) is 262 cm³/mol. The van der Waals surface area contributed by atoms with Crippen LogP contribution in [0.3, 0.4) is 0 Å². The van der Waals surface area contributed by atoms with Crippen LogP contribution in [0.1, 0.15) is 84.3 Å². The van der Waals surface area contributed by atoms with E-state index in [4.69, 9.17) is 75.8 Å². The van der Waals surface area contributed by atoms with Crippen LogP contribution in [0.25, 0.3) is 11.1 Å². The number of hydrogen-bond acceptors (Lipinski definition) is 19. The molecule has 1 aromatic heterocycles. The van der Waals surface area contributed by atoms with Crippen molar-refractivity contribution in [3.63, 3.8) is 0 Å². The van der Waals surface area contributed by atoms with Gasteiger partial charge in [-0.1, -0.05) is 47.7 Å². The van der Waals surface area contributed by atoms with E-state index >= 15 is 0 Å². The van der Waals surface area contributed by atoms with Crippen LogP contribution in [0.4, 0.5) is 0 Å². The Morgan fingerprint density at radius 3 is 1.41 bits per heavy atom. The summed E-state index contributed by atoms with van der Waals surface area (Å²) < 4.78 is 98.2. The molecule has 4 unspecified atom stereocenters. The lowest BCUT2D eigenvalue weighted by molar-refractivity contribution is -0.160. The average Bonchev–Trinajstić information content (AvgIpc) is 4.20. The summed E-state index contributed by atoms with van der Waals surface area (Å²) in [5, 5.41) is 8.71. The van der Waals surface area contributed by atoms with E-state index in [1.807, 2.05) is 104 Å². The number of carbonyl (C=O) groups excluding carboxylic acids is 1. The molecule has 4 aliphatic heterocycles. The van der Waals surface area contributed by atoms with Gasteiger partial charge in [0.15, 0.2) is 23.1 Å². The molecule has 4 aliphatic rings. The molecule has 20 heteroatoms. The highest BCUT2D eigenvalue weighted by molar-refractivity contribution is 5.90. The van der Waals surface area contributed by atoms with Crippen molar-refractivity contribution in [2.24, 2.45) is 0 Å². The van der Waals surface area contributed by atoms with Crippen molar-refractivity contribution >= 4 is 5.97 Å². The van der Waals surface area contributed by atoms with Gasteiger partial charge in [0.1, 0.15) is 48.4 Å². The van der Waals surface area contributed by atoms with Crippen LogP contribution in [-0.4, -0.2) is 186 Å². The highest BCUT2D eigenvalue weighted by Crippen LogP contribution is 2.26. The first-order valence-electron chi connectivity index (χ1n) is 25.6. The van der Waals surface area contributed by atoms with Gasteiger partial charge < -0.3 is 75.8 Å². The second-order valence-corrected chi connectivity index (χ2v) is 20.6. The van der Waals surface area contributed by atoms with E-state index < -0.39 is 41.5 Å². The number of aromatic nitrogens is 3. The van der Waals surface area contributed by atoms with Gasteiger partial charge in [-0.05, 0) is 91.5 Å². The molecule has 0 spiro atoms.